The molecule has 2 aromatic rings. The second kappa shape index (κ2) is 8.75. The number of hydrogen-bond donors (Lipinski definition) is 1. The lowest BCUT2D eigenvalue weighted by Gasteiger charge is -2.40. The van der Waals surface area contributed by atoms with E-state index in [-0.39, 0.29) is 5.41 Å². The Balaban J connectivity index is 1.66. The maximum absolute atomic E-state index is 6.20. The zero-order chi connectivity index (χ0) is 23.2. The van der Waals surface area contributed by atoms with Gasteiger partial charge in [0, 0.05) is 62.1 Å². The number of rotatable bonds is 3. The van der Waals surface area contributed by atoms with Gasteiger partial charge in [-0.1, -0.05) is 39.9 Å². The van der Waals surface area contributed by atoms with Gasteiger partial charge in [0.2, 0.25) is 0 Å². The van der Waals surface area contributed by atoms with Crippen LogP contribution in [0.15, 0.2) is 29.3 Å². The number of nitrogens with zero attached hydrogens (tertiary/aromatic N) is 4. The molecule has 1 aromatic carbocycles. The highest BCUT2D eigenvalue weighted by Gasteiger charge is 2.42. The fourth-order valence-electron chi connectivity index (χ4n) is 5.00. The van der Waals surface area contributed by atoms with Gasteiger partial charge in [-0.3, -0.25) is 4.99 Å². The summed E-state index contributed by atoms with van der Waals surface area (Å²) in [7, 11) is 0. The molecule has 5 nitrogen and oxygen atoms in total. The average Bonchev–Trinajstić information content (AvgIpc) is 3.46. The van der Waals surface area contributed by atoms with E-state index in [1.54, 1.807) is 11.3 Å². The van der Waals surface area contributed by atoms with E-state index in [9.17, 15) is 0 Å². The van der Waals surface area contributed by atoms with Crippen LogP contribution < -0.4 is 10.2 Å². The van der Waals surface area contributed by atoms with Crippen LogP contribution in [0.1, 0.15) is 51.1 Å². The fraction of sp³-hybridized carbons (Fsp3) is 0.577. The second-order valence-corrected chi connectivity index (χ2v) is 12.1. The number of anilines is 1. The molecule has 3 aliphatic heterocycles. The molecule has 1 unspecified atom stereocenters. The Hall–Kier alpha value is -1.83. The van der Waals surface area contributed by atoms with Gasteiger partial charge in [-0.25, -0.2) is 4.98 Å². The van der Waals surface area contributed by atoms with Crippen molar-refractivity contribution in [2.45, 2.75) is 51.5 Å². The van der Waals surface area contributed by atoms with Gasteiger partial charge in [0.1, 0.15) is 4.99 Å². The Morgan fingerprint density at radius 3 is 2.52 bits per heavy atom. The molecule has 0 spiro atoms. The SMILES string of the molecule is CC1CCN(c2cc3nc(C(C)(C)C)sc3cc2C2(C(=S)N3CCNCC3)C=CC=N2)CC1. The van der Waals surface area contributed by atoms with Crippen molar-refractivity contribution in [2.75, 3.05) is 44.2 Å². The van der Waals surface area contributed by atoms with Crippen LogP contribution in [0.25, 0.3) is 10.2 Å². The molecular formula is C26H35N5S2. The van der Waals surface area contributed by atoms with Gasteiger partial charge in [0.15, 0.2) is 5.54 Å². The second-order valence-electron chi connectivity index (χ2n) is 10.7. The number of aromatic nitrogens is 1. The summed E-state index contributed by atoms with van der Waals surface area (Å²) in [5, 5.41) is 4.63. The minimum absolute atomic E-state index is 0.0315. The zero-order valence-electron chi connectivity index (χ0n) is 20.2. The standard InChI is InChI=1S/C26H35N5S2/c1-18-6-12-30(13-7-18)21-17-20-22(33-23(29-20)25(2,3)4)16-19(21)26(8-5-9-28-26)24(32)31-14-10-27-11-15-31/h5,8-9,16-18,27H,6-7,10-15H2,1-4H3. The van der Waals surface area contributed by atoms with Crippen LogP contribution >= 0.6 is 23.6 Å². The van der Waals surface area contributed by atoms with E-state index in [0.29, 0.717) is 0 Å². The van der Waals surface area contributed by atoms with Gasteiger partial charge in [-0.15, -0.1) is 11.3 Å². The first-order valence-corrected chi connectivity index (χ1v) is 13.4. The molecule has 33 heavy (non-hydrogen) atoms. The normalized spacial score (nSPS) is 24.2. The van der Waals surface area contributed by atoms with E-state index in [4.69, 9.17) is 22.2 Å². The maximum atomic E-state index is 6.20. The van der Waals surface area contributed by atoms with Crippen LogP contribution in [0.3, 0.4) is 0 Å². The highest BCUT2D eigenvalue weighted by Crippen LogP contribution is 2.44. The van der Waals surface area contributed by atoms with Crippen molar-refractivity contribution in [1.29, 1.82) is 0 Å². The third-order valence-corrected chi connectivity index (χ3v) is 9.13. The number of nitrogens with one attached hydrogen (secondary N) is 1. The van der Waals surface area contributed by atoms with Gasteiger partial charge >= 0.3 is 0 Å². The summed E-state index contributed by atoms with van der Waals surface area (Å²) in [5.74, 6) is 0.778. The number of thiocarbonyl (C=S) groups is 1. The van der Waals surface area contributed by atoms with Gasteiger partial charge < -0.3 is 15.1 Å². The molecule has 4 heterocycles. The largest absolute Gasteiger partial charge is 0.371 e. The molecule has 0 saturated carbocycles. The van der Waals surface area contributed by atoms with Gasteiger partial charge in [0.25, 0.3) is 0 Å². The third kappa shape index (κ3) is 4.24. The smallest absolute Gasteiger partial charge is 0.156 e. The van der Waals surface area contributed by atoms with Crippen molar-refractivity contribution in [2.24, 2.45) is 10.9 Å². The first-order chi connectivity index (χ1) is 15.8. The Bertz CT molecular complexity index is 1080. The lowest BCUT2D eigenvalue weighted by Crippen LogP contribution is -2.51. The lowest BCUT2D eigenvalue weighted by molar-refractivity contribution is 0.347. The Labute approximate surface area is 207 Å². The Morgan fingerprint density at radius 1 is 1.15 bits per heavy atom. The summed E-state index contributed by atoms with van der Waals surface area (Å²) < 4.78 is 1.22. The summed E-state index contributed by atoms with van der Waals surface area (Å²) in [5.41, 5.74) is 2.97. The third-order valence-electron chi connectivity index (χ3n) is 7.11. The fourth-order valence-corrected chi connectivity index (χ4v) is 6.45. The van der Waals surface area contributed by atoms with Crippen molar-refractivity contribution in [3.8, 4) is 0 Å². The maximum Gasteiger partial charge on any atom is 0.156 e. The number of piperidine rings is 1. The van der Waals surface area contributed by atoms with Crippen molar-refractivity contribution in [1.82, 2.24) is 15.2 Å². The summed E-state index contributed by atoms with van der Waals surface area (Å²) in [4.78, 5) is 15.9. The van der Waals surface area contributed by atoms with Crippen LogP contribution in [0.2, 0.25) is 0 Å². The highest BCUT2D eigenvalue weighted by atomic mass is 32.1. The van der Waals surface area contributed by atoms with E-state index >= 15 is 0 Å². The lowest BCUT2D eigenvalue weighted by atomic mass is 9.87. The molecular weight excluding hydrogens is 446 g/mol. The van der Waals surface area contributed by atoms with Crippen molar-refractivity contribution in [3.05, 3.63) is 34.9 Å². The van der Waals surface area contributed by atoms with Gasteiger partial charge in [-0.2, -0.15) is 0 Å². The Kier molecular flexibility index (Phi) is 6.08. The summed E-state index contributed by atoms with van der Waals surface area (Å²) in [6.45, 7) is 15.0. The molecule has 2 fully saturated rings. The van der Waals surface area contributed by atoms with Crippen molar-refractivity contribution >= 4 is 50.7 Å². The van der Waals surface area contributed by atoms with Crippen LogP contribution in [0.5, 0.6) is 0 Å². The molecule has 1 N–H and O–H groups in total. The first kappa shape index (κ1) is 22.9. The van der Waals surface area contributed by atoms with E-state index in [1.165, 1.54) is 33.8 Å². The highest BCUT2D eigenvalue weighted by molar-refractivity contribution is 7.80. The molecule has 3 aliphatic rings. The molecule has 0 amide bonds. The average molecular weight is 482 g/mol. The quantitative estimate of drug-likeness (QED) is 0.632. The molecule has 0 bridgehead atoms. The monoisotopic (exact) mass is 481 g/mol. The molecule has 1 aromatic heterocycles. The number of piperazine rings is 1. The first-order valence-electron chi connectivity index (χ1n) is 12.2. The number of benzene rings is 1. The van der Waals surface area contributed by atoms with Gasteiger partial charge in [-0.05, 0) is 43.0 Å². The van der Waals surface area contributed by atoms with E-state index in [1.807, 2.05) is 6.21 Å². The van der Waals surface area contributed by atoms with Crippen molar-refractivity contribution in [3.63, 3.8) is 0 Å². The molecule has 1 atom stereocenters. The van der Waals surface area contributed by atoms with E-state index in [2.05, 4.69) is 67.1 Å². The topological polar surface area (TPSA) is 43.8 Å². The molecule has 0 aliphatic carbocycles. The van der Waals surface area contributed by atoms with Crippen LogP contribution in [-0.4, -0.2) is 60.4 Å². The van der Waals surface area contributed by atoms with Crippen LogP contribution in [0, 0.1) is 5.92 Å². The summed E-state index contributed by atoms with van der Waals surface area (Å²) >= 11 is 8.00. The van der Waals surface area contributed by atoms with E-state index in [0.717, 1.165) is 55.7 Å². The summed E-state index contributed by atoms with van der Waals surface area (Å²) in [6.07, 6.45) is 8.63. The molecule has 5 rings (SSSR count). The van der Waals surface area contributed by atoms with Gasteiger partial charge in [0.05, 0.1) is 15.2 Å². The molecule has 2 saturated heterocycles. The van der Waals surface area contributed by atoms with E-state index < -0.39 is 5.54 Å². The minimum atomic E-state index is -0.620. The predicted molar refractivity (Wildman–Crippen MR) is 145 cm³/mol. The number of aliphatic imine (C=N–C) groups is 1. The molecule has 0 radical (unpaired) electrons. The number of allylic oxidation sites excluding steroid dienone is 1. The number of fused-ring (bicyclic) bond motifs is 1. The molecule has 176 valence electrons. The minimum Gasteiger partial charge on any atom is -0.371 e. The number of hydrogen-bond acceptors (Lipinski definition) is 6. The Morgan fingerprint density at radius 2 is 1.88 bits per heavy atom. The van der Waals surface area contributed by atoms with Crippen LogP contribution in [-0.2, 0) is 11.0 Å². The predicted octanol–water partition coefficient (Wildman–Crippen LogP) is 4.90. The van der Waals surface area contributed by atoms with Crippen LogP contribution in [0.4, 0.5) is 5.69 Å². The number of thiazole rings is 1. The molecule has 7 heteroatoms. The zero-order valence-corrected chi connectivity index (χ0v) is 21.9. The van der Waals surface area contributed by atoms with Crippen molar-refractivity contribution < 1.29 is 0 Å². The summed E-state index contributed by atoms with van der Waals surface area (Å²) in [6, 6.07) is 4.66.